The molecule has 0 aromatic rings. The first-order valence-electron chi connectivity index (χ1n) is 6.17. The van der Waals surface area contributed by atoms with Crippen molar-refractivity contribution in [1.82, 2.24) is 4.90 Å². The highest BCUT2D eigenvalue weighted by Gasteiger charge is 2.37. The fourth-order valence-electron chi connectivity index (χ4n) is 3.37. The van der Waals surface area contributed by atoms with Gasteiger partial charge in [0, 0.05) is 18.1 Å². The second-order valence-corrected chi connectivity index (χ2v) is 5.06. The summed E-state index contributed by atoms with van der Waals surface area (Å²) in [4.78, 5) is 2.69. The van der Waals surface area contributed by atoms with E-state index in [-0.39, 0.29) is 6.10 Å². The van der Waals surface area contributed by atoms with Crippen LogP contribution in [0.25, 0.3) is 0 Å². The fraction of sp³-hybridized carbons (Fsp3) is 1.00. The molecule has 1 aliphatic heterocycles. The minimum Gasteiger partial charge on any atom is -0.393 e. The lowest BCUT2D eigenvalue weighted by Crippen LogP contribution is -2.41. The van der Waals surface area contributed by atoms with Gasteiger partial charge < -0.3 is 5.11 Å². The van der Waals surface area contributed by atoms with Crippen LogP contribution in [0.1, 0.15) is 52.4 Å². The van der Waals surface area contributed by atoms with Crippen LogP contribution in [0.4, 0.5) is 0 Å². The second-order valence-electron chi connectivity index (χ2n) is 5.06. The Morgan fingerprint density at radius 3 is 2.57 bits per heavy atom. The van der Waals surface area contributed by atoms with Crippen molar-refractivity contribution >= 4 is 0 Å². The van der Waals surface area contributed by atoms with Crippen molar-refractivity contribution in [2.75, 3.05) is 0 Å². The van der Waals surface area contributed by atoms with Crippen LogP contribution in [0.3, 0.4) is 0 Å². The molecule has 0 amide bonds. The largest absolute Gasteiger partial charge is 0.393 e. The predicted molar refractivity (Wildman–Crippen MR) is 58.3 cm³/mol. The summed E-state index contributed by atoms with van der Waals surface area (Å²) in [6.07, 6.45) is 7.21. The molecule has 14 heavy (non-hydrogen) atoms. The molecule has 1 saturated carbocycles. The van der Waals surface area contributed by atoms with Gasteiger partial charge in [-0.3, -0.25) is 4.90 Å². The van der Waals surface area contributed by atoms with Gasteiger partial charge in [-0.15, -0.1) is 0 Å². The average molecular weight is 197 g/mol. The van der Waals surface area contributed by atoms with E-state index < -0.39 is 0 Å². The van der Waals surface area contributed by atoms with Crippen LogP contribution < -0.4 is 0 Å². The Bertz CT molecular complexity index is 195. The van der Waals surface area contributed by atoms with E-state index in [1.165, 1.54) is 25.7 Å². The Labute approximate surface area is 87.3 Å². The molecule has 2 aliphatic rings. The van der Waals surface area contributed by atoms with Crippen LogP contribution in [0.5, 0.6) is 0 Å². The molecule has 1 heterocycles. The van der Waals surface area contributed by atoms with Gasteiger partial charge in [0.25, 0.3) is 0 Å². The van der Waals surface area contributed by atoms with Crippen molar-refractivity contribution in [3.63, 3.8) is 0 Å². The van der Waals surface area contributed by atoms with E-state index >= 15 is 0 Å². The third-order valence-electron chi connectivity index (χ3n) is 4.12. The summed E-state index contributed by atoms with van der Waals surface area (Å²) >= 11 is 0. The van der Waals surface area contributed by atoms with Crippen molar-refractivity contribution in [3.8, 4) is 0 Å². The van der Waals surface area contributed by atoms with E-state index in [4.69, 9.17) is 0 Å². The maximum Gasteiger partial charge on any atom is 0.0555 e. The van der Waals surface area contributed by atoms with Gasteiger partial charge in [-0.2, -0.15) is 0 Å². The molecular formula is C12H23NO. The van der Waals surface area contributed by atoms with Crippen molar-refractivity contribution in [2.24, 2.45) is 0 Å². The molecule has 0 bridgehead atoms. The van der Waals surface area contributed by atoms with Gasteiger partial charge in [0.2, 0.25) is 0 Å². The van der Waals surface area contributed by atoms with E-state index in [9.17, 15) is 5.11 Å². The first kappa shape index (κ1) is 10.4. The molecule has 1 N–H and O–H groups in total. The quantitative estimate of drug-likeness (QED) is 0.733. The molecule has 0 aromatic carbocycles. The second kappa shape index (κ2) is 4.19. The maximum atomic E-state index is 9.58. The molecule has 4 unspecified atom stereocenters. The number of likely N-dealkylation sites (tertiary alicyclic amines) is 1. The first-order chi connectivity index (χ1) is 6.72. The zero-order valence-corrected chi connectivity index (χ0v) is 9.45. The normalized spacial score (nSPS) is 44.8. The van der Waals surface area contributed by atoms with E-state index in [1.54, 1.807) is 0 Å². The van der Waals surface area contributed by atoms with E-state index in [2.05, 4.69) is 18.7 Å². The van der Waals surface area contributed by atoms with Crippen molar-refractivity contribution < 1.29 is 5.11 Å². The molecule has 2 rings (SSSR count). The summed E-state index contributed by atoms with van der Waals surface area (Å²) in [5.41, 5.74) is 0. The Kier molecular flexibility index (Phi) is 3.13. The Hall–Kier alpha value is -0.0800. The number of aliphatic hydroxyl groups is 1. The Morgan fingerprint density at radius 1 is 1.21 bits per heavy atom. The number of hydrogen-bond acceptors (Lipinski definition) is 2. The molecule has 82 valence electrons. The van der Waals surface area contributed by atoms with Crippen LogP contribution in [-0.4, -0.2) is 34.2 Å². The highest BCUT2D eigenvalue weighted by Crippen LogP contribution is 2.34. The number of nitrogens with zero attached hydrogens (tertiary/aromatic N) is 1. The zero-order valence-electron chi connectivity index (χ0n) is 9.45. The maximum absolute atomic E-state index is 9.58. The van der Waals surface area contributed by atoms with Gasteiger partial charge >= 0.3 is 0 Å². The van der Waals surface area contributed by atoms with Gasteiger partial charge in [-0.25, -0.2) is 0 Å². The molecule has 2 nitrogen and oxygen atoms in total. The van der Waals surface area contributed by atoms with Gasteiger partial charge in [0.05, 0.1) is 6.10 Å². The van der Waals surface area contributed by atoms with Crippen molar-refractivity contribution in [3.05, 3.63) is 0 Å². The Balaban J connectivity index is 2.00. The standard InChI is InChI=1S/C12H23NO/c1-3-10-5-4-9(2)13(10)11-6-7-12(14)8-11/h9-12,14H,3-8H2,1-2H3. The fourth-order valence-corrected chi connectivity index (χ4v) is 3.37. The van der Waals surface area contributed by atoms with E-state index in [0.717, 1.165) is 24.9 Å². The minimum absolute atomic E-state index is 0.0229. The monoisotopic (exact) mass is 197 g/mol. The third kappa shape index (κ3) is 1.82. The predicted octanol–water partition coefficient (Wildman–Crippen LogP) is 2.16. The van der Waals surface area contributed by atoms with Gasteiger partial charge in [0.1, 0.15) is 0 Å². The van der Waals surface area contributed by atoms with E-state index in [1.807, 2.05) is 0 Å². The van der Waals surface area contributed by atoms with Crippen LogP contribution in [0, 0.1) is 0 Å². The lowest BCUT2D eigenvalue weighted by molar-refractivity contribution is 0.115. The van der Waals surface area contributed by atoms with Crippen LogP contribution >= 0.6 is 0 Å². The SMILES string of the molecule is CCC1CCC(C)N1C1CCC(O)C1. The van der Waals surface area contributed by atoms with Crippen molar-refractivity contribution in [2.45, 2.75) is 76.6 Å². The third-order valence-corrected chi connectivity index (χ3v) is 4.12. The summed E-state index contributed by atoms with van der Waals surface area (Å²) in [5.74, 6) is 0. The average Bonchev–Trinajstić information content (AvgIpc) is 2.71. The molecule has 0 radical (unpaired) electrons. The molecule has 1 aliphatic carbocycles. The zero-order chi connectivity index (χ0) is 10.1. The number of rotatable bonds is 2. The summed E-state index contributed by atoms with van der Waals surface area (Å²) in [6.45, 7) is 4.64. The smallest absolute Gasteiger partial charge is 0.0555 e. The lowest BCUT2D eigenvalue weighted by Gasteiger charge is -2.33. The topological polar surface area (TPSA) is 23.5 Å². The van der Waals surface area contributed by atoms with Gasteiger partial charge in [-0.05, 0) is 45.4 Å². The molecule has 2 heteroatoms. The lowest BCUT2D eigenvalue weighted by atomic mass is 10.1. The highest BCUT2D eigenvalue weighted by atomic mass is 16.3. The molecule has 0 aromatic heterocycles. The number of aliphatic hydroxyl groups excluding tert-OH is 1. The minimum atomic E-state index is -0.0229. The van der Waals surface area contributed by atoms with Crippen LogP contribution in [0.15, 0.2) is 0 Å². The molecule has 4 atom stereocenters. The summed E-state index contributed by atoms with van der Waals surface area (Å²) in [7, 11) is 0. The number of hydrogen-bond donors (Lipinski definition) is 1. The first-order valence-corrected chi connectivity index (χ1v) is 6.17. The highest BCUT2D eigenvalue weighted by molar-refractivity contribution is 4.93. The molecule has 2 fully saturated rings. The van der Waals surface area contributed by atoms with Crippen LogP contribution in [0.2, 0.25) is 0 Å². The summed E-state index contributed by atoms with van der Waals surface area (Å²) < 4.78 is 0. The van der Waals surface area contributed by atoms with Gasteiger partial charge in [-0.1, -0.05) is 6.92 Å². The Morgan fingerprint density at radius 2 is 2.00 bits per heavy atom. The molecule has 0 spiro atoms. The van der Waals surface area contributed by atoms with E-state index in [0.29, 0.717) is 6.04 Å². The van der Waals surface area contributed by atoms with Crippen molar-refractivity contribution in [1.29, 1.82) is 0 Å². The molecule has 1 saturated heterocycles. The molecular weight excluding hydrogens is 174 g/mol. The summed E-state index contributed by atoms with van der Waals surface area (Å²) in [5, 5.41) is 9.58. The summed E-state index contributed by atoms with van der Waals surface area (Å²) in [6, 6.07) is 2.21. The van der Waals surface area contributed by atoms with Crippen LogP contribution in [-0.2, 0) is 0 Å². The van der Waals surface area contributed by atoms with Gasteiger partial charge in [0.15, 0.2) is 0 Å².